The summed E-state index contributed by atoms with van der Waals surface area (Å²) < 4.78 is 6.08. The van der Waals surface area contributed by atoms with Gasteiger partial charge in [0.2, 0.25) is 5.95 Å². The van der Waals surface area contributed by atoms with Gasteiger partial charge in [0.1, 0.15) is 17.2 Å². The molecule has 10 heteroatoms. The topological polar surface area (TPSA) is 98.4 Å². The van der Waals surface area contributed by atoms with Crippen molar-refractivity contribution >= 4 is 46.0 Å². The number of piperidine rings is 2. The second kappa shape index (κ2) is 11.7. The summed E-state index contributed by atoms with van der Waals surface area (Å²) >= 11 is 6.51. The molecule has 1 aliphatic carbocycles. The molecule has 3 fully saturated rings. The highest BCUT2D eigenvalue weighted by molar-refractivity contribution is 6.36. The molecule has 218 valence electrons. The number of ether oxygens (including phenoxy) is 1. The van der Waals surface area contributed by atoms with Gasteiger partial charge >= 0.3 is 0 Å². The quantitative estimate of drug-likeness (QED) is 0.324. The lowest BCUT2D eigenvalue weighted by Gasteiger charge is -2.40. The number of carbonyl (C=O) groups is 1. The van der Waals surface area contributed by atoms with Gasteiger partial charge in [-0.05, 0) is 63.7 Å². The Morgan fingerprint density at radius 2 is 1.76 bits per heavy atom. The van der Waals surface area contributed by atoms with Crippen LogP contribution in [0.2, 0.25) is 5.02 Å². The number of rotatable bonds is 6. The van der Waals surface area contributed by atoms with E-state index in [1.807, 2.05) is 17.0 Å². The van der Waals surface area contributed by atoms with Gasteiger partial charge in [-0.15, -0.1) is 0 Å². The Kier molecular flexibility index (Phi) is 7.65. The third-order valence-electron chi connectivity index (χ3n) is 9.42. The Labute approximate surface area is 246 Å². The monoisotopic (exact) mass is 577 g/mol. The van der Waals surface area contributed by atoms with E-state index in [2.05, 4.69) is 20.5 Å². The molecule has 41 heavy (non-hydrogen) atoms. The van der Waals surface area contributed by atoms with E-state index in [9.17, 15) is 4.79 Å². The summed E-state index contributed by atoms with van der Waals surface area (Å²) in [6.45, 7) is 4.62. The molecule has 7 rings (SSSR count). The van der Waals surface area contributed by atoms with Crippen LogP contribution in [0.1, 0.15) is 80.1 Å². The Morgan fingerprint density at radius 3 is 2.56 bits per heavy atom. The van der Waals surface area contributed by atoms with Crippen molar-refractivity contribution in [2.24, 2.45) is 0 Å². The number of aromatic amines is 1. The molecular formula is C31H40ClN7O2. The first-order chi connectivity index (χ1) is 20.1. The molecule has 0 bridgehead atoms. The smallest absolute Gasteiger partial charge is 0.254 e. The van der Waals surface area contributed by atoms with Crippen LogP contribution in [0.4, 0.5) is 17.5 Å². The molecule has 9 nitrogen and oxygen atoms in total. The summed E-state index contributed by atoms with van der Waals surface area (Å²) in [6, 6.07) is 4.87. The van der Waals surface area contributed by atoms with Crippen LogP contribution in [0.15, 0.2) is 18.3 Å². The average molecular weight is 578 g/mol. The minimum absolute atomic E-state index is 0.119. The van der Waals surface area contributed by atoms with Crippen LogP contribution in [-0.2, 0) is 6.42 Å². The van der Waals surface area contributed by atoms with Crippen molar-refractivity contribution in [3.63, 3.8) is 0 Å². The zero-order valence-electron chi connectivity index (χ0n) is 23.7. The van der Waals surface area contributed by atoms with Gasteiger partial charge in [0.15, 0.2) is 0 Å². The minimum atomic E-state index is 0.119. The number of H-pyrrole nitrogens is 1. The zero-order valence-corrected chi connectivity index (χ0v) is 24.4. The molecular weight excluding hydrogens is 538 g/mol. The first-order valence-electron chi connectivity index (χ1n) is 15.5. The normalized spacial score (nSPS) is 20.7. The third kappa shape index (κ3) is 5.46. The fourth-order valence-electron chi connectivity index (χ4n) is 7.20. The first-order valence-corrected chi connectivity index (χ1v) is 15.9. The molecule has 5 heterocycles. The fraction of sp³-hybridized carbons (Fsp3) is 0.581. The SMILES string of the molecule is O=C(c1ccc(Nc2nc(NC3CCCCC3)c3c(Cl)c[nH]c3n2)c2c1CCO2)N1CCC(N2CCCCC2)CC1. The third-order valence-corrected chi connectivity index (χ3v) is 9.72. The molecule has 2 saturated heterocycles. The van der Waals surface area contributed by atoms with E-state index < -0.39 is 0 Å². The highest BCUT2D eigenvalue weighted by Gasteiger charge is 2.31. The van der Waals surface area contributed by atoms with E-state index >= 15 is 0 Å². The fourth-order valence-corrected chi connectivity index (χ4v) is 7.43. The molecule has 1 saturated carbocycles. The van der Waals surface area contributed by atoms with Crippen molar-refractivity contribution < 1.29 is 9.53 Å². The van der Waals surface area contributed by atoms with Gasteiger partial charge < -0.3 is 30.2 Å². The van der Waals surface area contributed by atoms with Crippen LogP contribution in [-0.4, -0.2) is 75.5 Å². The van der Waals surface area contributed by atoms with Crippen LogP contribution in [0.5, 0.6) is 5.75 Å². The van der Waals surface area contributed by atoms with E-state index in [0.29, 0.717) is 35.3 Å². The largest absolute Gasteiger partial charge is 0.491 e. The number of fused-ring (bicyclic) bond motifs is 2. The second-order valence-electron chi connectivity index (χ2n) is 12.0. The Morgan fingerprint density at radius 1 is 0.976 bits per heavy atom. The van der Waals surface area contributed by atoms with Crippen molar-refractivity contribution in [3.05, 3.63) is 34.5 Å². The van der Waals surface area contributed by atoms with Crippen molar-refractivity contribution in [2.45, 2.75) is 82.7 Å². The predicted octanol–water partition coefficient (Wildman–Crippen LogP) is 6.12. The Balaban J connectivity index is 1.09. The molecule has 1 aromatic carbocycles. The number of halogens is 1. The maximum Gasteiger partial charge on any atom is 0.254 e. The lowest BCUT2D eigenvalue weighted by atomic mass is 9.95. The van der Waals surface area contributed by atoms with Crippen LogP contribution in [0, 0.1) is 0 Å². The van der Waals surface area contributed by atoms with Gasteiger partial charge in [0, 0.05) is 48.9 Å². The lowest BCUT2D eigenvalue weighted by molar-refractivity contribution is 0.0589. The highest BCUT2D eigenvalue weighted by atomic mass is 35.5. The molecule has 0 spiro atoms. The first kappa shape index (κ1) is 26.8. The average Bonchev–Trinajstić information content (AvgIpc) is 3.66. The summed E-state index contributed by atoms with van der Waals surface area (Å²) in [7, 11) is 0. The molecule has 1 amide bonds. The van der Waals surface area contributed by atoms with Crippen LogP contribution >= 0.6 is 11.6 Å². The summed E-state index contributed by atoms with van der Waals surface area (Å²) in [5, 5.41) is 8.45. The van der Waals surface area contributed by atoms with Crippen LogP contribution in [0.3, 0.4) is 0 Å². The van der Waals surface area contributed by atoms with E-state index in [4.69, 9.17) is 26.3 Å². The Hall–Kier alpha value is -3.04. The maximum atomic E-state index is 13.7. The molecule has 0 radical (unpaired) electrons. The van der Waals surface area contributed by atoms with Crippen LogP contribution in [0.25, 0.3) is 11.0 Å². The van der Waals surface area contributed by atoms with E-state index in [-0.39, 0.29) is 5.91 Å². The van der Waals surface area contributed by atoms with Gasteiger partial charge in [-0.1, -0.05) is 37.3 Å². The van der Waals surface area contributed by atoms with Gasteiger partial charge in [-0.2, -0.15) is 9.97 Å². The van der Waals surface area contributed by atoms with E-state index in [1.165, 1.54) is 51.6 Å². The molecule has 0 atom stereocenters. The second-order valence-corrected chi connectivity index (χ2v) is 12.5. The van der Waals surface area contributed by atoms with E-state index in [1.54, 1.807) is 6.20 Å². The Bertz CT molecular complexity index is 1410. The number of carbonyl (C=O) groups excluding carboxylic acids is 1. The number of nitrogens with zero attached hydrogens (tertiary/aromatic N) is 4. The number of anilines is 3. The zero-order chi connectivity index (χ0) is 27.8. The number of benzene rings is 1. The van der Waals surface area contributed by atoms with Crippen molar-refractivity contribution in [1.29, 1.82) is 0 Å². The summed E-state index contributed by atoms with van der Waals surface area (Å²) in [4.78, 5) is 31.1. The molecule has 3 aliphatic heterocycles. The van der Waals surface area contributed by atoms with Crippen molar-refractivity contribution in [1.82, 2.24) is 24.8 Å². The van der Waals surface area contributed by atoms with Gasteiger partial charge in [0.05, 0.1) is 22.7 Å². The van der Waals surface area contributed by atoms with Gasteiger partial charge in [-0.3, -0.25) is 4.79 Å². The molecule has 3 aromatic rings. The summed E-state index contributed by atoms with van der Waals surface area (Å²) in [5.74, 6) is 2.06. The molecule has 3 N–H and O–H groups in total. The van der Waals surface area contributed by atoms with Crippen LogP contribution < -0.4 is 15.4 Å². The van der Waals surface area contributed by atoms with Gasteiger partial charge in [0.25, 0.3) is 5.91 Å². The minimum Gasteiger partial charge on any atom is -0.491 e. The molecule has 2 aromatic heterocycles. The molecule has 4 aliphatic rings. The maximum absolute atomic E-state index is 13.7. The lowest BCUT2D eigenvalue weighted by Crippen LogP contribution is -2.48. The number of amides is 1. The number of aromatic nitrogens is 3. The number of nitrogens with one attached hydrogen (secondary N) is 3. The summed E-state index contributed by atoms with van der Waals surface area (Å²) in [6.07, 6.45) is 14.6. The standard InChI is InChI=1S/C31H40ClN7O2/c32-24-19-33-28-26(24)29(34-20-7-3-1-4-8-20)37-31(36-28)35-25-10-9-23(22-13-18-41-27(22)25)30(40)39-16-11-21(12-17-39)38-14-5-2-6-15-38/h9-10,19-21H,1-8,11-18H2,(H3,33,34,35,36,37). The highest BCUT2D eigenvalue weighted by Crippen LogP contribution is 2.39. The van der Waals surface area contributed by atoms with E-state index in [0.717, 1.165) is 79.0 Å². The van der Waals surface area contributed by atoms with Crippen molar-refractivity contribution in [2.75, 3.05) is 43.4 Å². The molecule has 0 unspecified atom stereocenters. The number of hydrogen-bond acceptors (Lipinski definition) is 7. The van der Waals surface area contributed by atoms with Crippen molar-refractivity contribution in [3.8, 4) is 5.75 Å². The summed E-state index contributed by atoms with van der Waals surface area (Å²) in [5.41, 5.74) is 3.19. The number of likely N-dealkylation sites (tertiary alicyclic amines) is 2. The number of hydrogen-bond donors (Lipinski definition) is 3. The predicted molar refractivity (Wildman–Crippen MR) is 163 cm³/mol. The van der Waals surface area contributed by atoms with Gasteiger partial charge in [-0.25, -0.2) is 0 Å².